The zero-order valence-electron chi connectivity index (χ0n) is 18.8. The highest BCUT2D eigenvalue weighted by Gasteiger charge is 2.46. The van der Waals surface area contributed by atoms with Gasteiger partial charge in [-0.25, -0.2) is 4.98 Å². The van der Waals surface area contributed by atoms with Gasteiger partial charge in [-0.2, -0.15) is 0 Å². The topological polar surface area (TPSA) is 53.5 Å². The number of amides is 2. The maximum absolute atomic E-state index is 14.0. The van der Waals surface area contributed by atoms with Crippen LogP contribution < -0.4 is 0 Å². The van der Waals surface area contributed by atoms with E-state index in [2.05, 4.69) is 17.0 Å². The molecule has 0 aliphatic carbocycles. The van der Waals surface area contributed by atoms with Gasteiger partial charge in [-0.15, -0.1) is 11.3 Å². The molecule has 0 N–H and O–H groups in total. The standard InChI is InChI=1S/C26H28ClN3O2S/c1-18(31)29-15-11-26(12-16-29,20-5-3-2-4-6-20)25(32)30-13-9-19(10-14-30)24-28-22-17-21(27)7-8-23(22)33-24/h2-8,17,19H,9-16H2,1H3. The Bertz CT molecular complexity index is 1160. The number of likely N-dealkylation sites (tertiary alicyclic amines) is 2. The van der Waals surface area contributed by atoms with Crippen LogP contribution in [0.25, 0.3) is 10.2 Å². The van der Waals surface area contributed by atoms with Crippen molar-refractivity contribution in [1.82, 2.24) is 14.8 Å². The van der Waals surface area contributed by atoms with Crippen LogP contribution in [0.5, 0.6) is 0 Å². The van der Waals surface area contributed by atoms with E-state index in [1.165, 1.54) is 0 Å². The summed E-state index contributed by atoms with van der Waals surface area (Å²) in [6, 6.07) is 16.0. The number of halogens is 1. The normalized spacial score (nSPS) is 19.1. The minimum Gasteiger partial charge on any atom is -0.343 e. The van der Waals surface area contributed by atoms with E-state index in [-0.39, 0.29) is 11.8 Å². The summed E-state index contributed by atoms with van der Waals surface area (Å²) in [5, 5.41) is 1.86. The first-order valence-corrected chi connectivity index (χ1v) is 12.8. The predicted molar refractivity (Wildman–Crippen MR) is 133 cm³/mol. The fourth-order valence-electron chi connectivity index (χ4n) is 5.31. The molecular formula is C26H28ClN3O2S. The Morgan fingerprint density at radius 3 is 2.36 bits per heavy atom. The highest BCUT2D eigenvalue weighted by atomic mass is 35.5. The molecular weight excluding hydrogens is 454 g/mol. The lowest BCUT2D eigenvalue weighted by atomic mass is 9.71. The molecule has 0 saturated carbocycles. The lowest BCUT2D eigenvalue weighted by Crippen LogP contribution is -2.54. The van der Waals surface area contributed by atoms with Crippen LogP contribution in [-0.4, -0.2) is 52.8 Å². The third kappa shape index (κ3) is 4.26. The van der Waals surface area contributed by atoms with Gasteiger partial charge in [-0.05, 0) is 49.4 Å². The number of hydrogen-bond donors (Lipinski definition) is 0. The monoisotopic (exact) mass is 481 g/mol. The predicted octanol–water partition coefficient (Wildman–Crippen LogP) is 5.24. The van der Waals surface area contributed by atoms with Gasteiger partial charge in [0.15, 0.2) is 0 Å². The van der Waals surface area contributed by atoms with Gasteiger partial charge >= 0.3 is 0 Å². The Labute approximate surface area is 203 Å². The van der Waals surface area contributed by atoms with E-state index in [1.54, 1.807) is 18.3 Å². The molecule has 2 aromatic carbocycles. The molecule has 7 heteroatoms. The van der Waals surface area contributed by atoms with E-state index < -0.39 is 5.41 Å². The molecule has 2 fully saturated rings. The Morgan fingerprint density at radius 2 is 1.70 bits per heavy atom. The number of carbonyl (C=O) groups excluding carboxylic acids is 2. The number of nitrogens with zero attached hydrogens (tertiary/aromatic N) is 3. The van der Waals surface area contributed by atoms with Crippen LogP contribution in [0.1, 0.15) is 49.1 Å². The van der Waals surface area contributed by atoms with E-state index >= 15 is 0 Å². The SMILES string of the molecule is CC(=O)N1CCC(C(=O)N2CCC(c3nc4cc(Cl)ccc4s3)CC2)(c2ccccc2)CC1. The molecule has 2 amide bonds. The van der Waals surface area contributed by atoms with Crippen molar-refractivity contribution in [3.63, 3.8) is 0 Å². The Kier molecular flexibility index (Phi) is 6.14. The Morgan fingerprint density at radius 1 is 1.00 bits per heavy atom. The van der Waals surface area contributed by atoms with Crippen molar-refractivity contribution in [2.75, 3.05) is 26.2 Å². The second-order valence-corrected chi connectivity index (χ2v) is 10.7. The number of piperidine rings is 2. The molecule has 0 atom stereocenters. The van der Waals surface area contributed by atoms with Gasteiger partial charge in [0.05, 0.1) is 20.6 Å². The van der Waals surface area contributed by atoms with Gasteiger partial charge in [0.25, 0.3) is 0 Å². The third-order valence-electron chi connectivity index (χ3n) is 7.30. The molecule has 5 nitrogen and oxygen atoms in total. The molecule has 3 heterocycles. The summed E-state index contributed by atoms with van der Waals surface area (Å²) in [6.45, 7) is 4.34. The van der Waals surface area contributed by atoms with Crippen molar-refractivity contribution >= 4 is 45.0 Å². The van der Waals surface area contributed by atoms with Gasteiger partial charge in [-0.3, -0.25) is 9.59 Å². The highest BCUT2D eigenvalue weighted by molar-refractivity contribution is 7.18. The van der Waals surface area contributed by atoms with Gasteiger partial charge < -0.3 is 9.80 Å². The second kappa shape index (κ2) is 9.07. The second-order valence-electron chi connectivity index (χ2n) is 9.18. The molecule has 172 valence electrons. The minimum absolute atomic E-state index is 0.0852. The quantitative estimate of drug-likeness (QED) is 0.514. The van der Waals surface area contributed by atoms with Gasteiger partial charge in [0.1, 0.15) is 0 Å². The molecule has 0 bridgehead atoms. The van der Waals surface area contributed by atoms with Crippen molar-refractivity contribution in [3.05, 3.63) is 64.1 Å². The first kappa shape index (κ1) is 22.4. The van der Waals surface area contributed by atoms with Crippen molar-refractivity contribution < 1.29 is 9.59 Å². The van der Waals surface area contributed by atoms with E-state index in [1.807, 2.05) is 41.3 Å². The van der Waals surface area contributed by atoms with Crippen LogP contribution in [0.15, 0.2) is 48.5 Å². The maximum atomic E-state index is 14.0. The molecule has 2 aliphatic rings. The van der Waals surface area contributed by atoms with Gasteiger partial charge in [0, 0.05) is 44.0 Å². The average molecular weight is 482 g/mol. The number of rotatable bonds is 3. The summed E-state index contributed by atoms with van der Waals surface area (Å²) < 4.78 is 1.16. The van der Waals surface area contributed by atoms with Gasteiger partial charge in [0.2, 0.25) is 11.8 Å². The average Bonchev–Trinajstić information content (AvgIpc) is 3.27. The summed E-state index contributed by atoms with van der Waals surface area (Å²) >= 11 is 7.87. The maximum Gasteiger partial charge on any atom is 0.233 e. The summed E-state index contributed by atoms with van der Waals surface area (Å²) in [5.74, 6) is 0.672. The van der Waals surface area contributed by atoms with Crippen molar-refractivity contribution in [1.29, 1.82) is 0 Å². The van der Waals surface area contributed by atoms with Crippen molar-refractivity contribution in [2.24, 2.45) is 0 Å². The van der Waals surface area contributed by atoms with Crippen molar-refractivity contribution in [2.45, 2.75) is 43.9 Å². The van der Waals surface area contributed by atoms with Crippen LogP contribution in [0.3, 0.4) is 0 Å². The molecule has 1 aromatic heterocycles. The van der Waals surface area contributed by atoms with E-state index in [4.69, 9.17) is 16.6 Å². The van der Waals surface area contributed by atoms with Crippen molar-refractivity contribution in [3.8, 4) is 0 Å². The number of carbonyl (C=O) groups is 2. The molecule has 0 unspecified atom stereocenters. The van der Waals surface area contributed by atoms with Crippen LogP contribution in [0.2, 0.25) is 5.02 Å². The molecule has 0 spiro atoms. The Balaban J connectivity index is 1.33. The van der Waals surface area contributed by atoms with Crippen LogP contribution in [-0.2, 0) is 15.0 Å². The largest absolute Gasteiger partial charge is 0.343 e. The van der Waals surface area contributed by atoms with Crippen LogP contribution >= 0.6 is 22.9 Å². The zero-order valence-corrected chi connectivity index (χ0v) is 20.4. The first-order valence-electron chi connectivity index (χ1n) is 11.6. The molecule has 2 aliphatic heterocycles. The first-order chi connectivity index (χ1) is 16.0. The fourth-order valence-corrected chi connectivity index (χ4v) is 6.59. The lowest BCUT2D eigenvalue weighted by molar-refractivity contribution is -0.143. The molecule has 3 aromatic rings. The van der Waals surface area contributed by atoms with E-state index in [9.17, 15) is 9.59 Å². The molecule has 5 rings (SSSR count). The van der Waals surface area contributed by atoms with Crippen LogP contribution in [0, 0.1) is 0 Å². The zero-order chi connectivity index (χ0) is 23.0. The van der Waals surface area contributed by atoms with E-state index in [0.29, 0.717) is 36.9 Å². The van der Waals surface area contributed by atoms with E-state index in [0.717, 1.165) is 46.7 Å². The number of aromatic nitrogens is 1. The van der Waals surface area contributed by atoms with Crippen LogP contribution in [0.4, 0.5) is 0 Å². The fraction of sp³-hybridized carbons (Fsp3) is 0.423. The number of thiazole rings is 1. The summed E-state index contributed by atoms with van der Waals surface area (Å²) in [5.41, 5.74) is 1.48. The number of benzene rings is 2. The molecule has 2 saturated heterocycles. The third-order valence-corrected chi connectivity index (χ3v) is 8.73. The number of hydrogen-bond acceptors (Lipinski definition) is 4. The summed E-state index contributed by atoms with van der Waals surface area (Å²) in [4.78, 5) is 34.6. The number of fused-ring (bicyclic) bond motifs is 1. The summed E-state index contributed by atoms with van der Waals surface area (Å²) in [6.07, 6.45) is 3.19. The highest BCUT2D eigenvalue weighted by Crippen LogP contribution is 2.40. The summed E-state index contributed by atoms with van der Waals surface area (Å²) in [7, 11) is 0. The van der Waals surface area contributed by atoms with Gasteiger partial charge in [-0.1, -0.05) is 41.9 Å². The molecule has 0 radical (unpaired) electrons. The minimum atomic E-state index is -0.549. The smallest absolute Gasteiger partial charge is 0.233 e. The Hall–Kier alpha value is -2.44. The lowest BCUT2D eigenvalue weighted by Gasteiger charge is -2.44. The molecule has 33 heavy (non-hydrogen) atoms.